The van der Waals surface area contributed by atoms with Gasteiger partial charge in [-0.3, -0.25) is 4.79 Å². The van der Waals surface area contributed by atoms with Crippen LogP contribution in [-0.2, 0) is 4.79 Å². The smallest absolute Gasteiger partial charge is 0.277 e. The van der Waals surface area contributed by atoms with Gasteiger partial charge in [0.15, 0.2) is 6.61 Å². The van der Waals surface area contributed by atoms with Gasteiger partial charge in [0.2, 0.25) is 0 Å². The van der Waals surface area contributed by atoms with E-state index in [-0.39, 0.29) is 12.5 Å². The topological polar surface area (TPSA) is 69.2 Å². The molecule has 0 aliphatic heterocycles. The van der Waals surface area contributed by atoms with Gasteiger partial charge in [0.25, 0.3) is 5.91 Å². The molecule has 2 aromatic carbocycles. The fourth-order valence-corrected chi connectivity index (χ4v) is 4.63. The normalized spacial score (nSPS) is 11.1. The molecule has 0 saturated carbocycles. The van der Waals surface area contributed by atoms with Gasteiger partial charge >= 0.3 is 0 Å². The van der Waals surface area contributed by atoms with Gasteiger partial charge in [0, 0.05) is 16.1 Å². The number of halogens is 3. The SMILES string of the molecule is COc1ccc(/C(C)=N\NC(=O)COc2c(Br)cc(Br)cc2Br)c(OC)c1. The lowest BCUT2D eigenvalue weighted by atomic mass is 10.1. The fraction of sp³-hybridized carbons (Fsp3) is 0.222. The van der Waals surface area contributed by atoms with Gasteiger partial charge in [-0.15, -0.1) is 0 Å². The predicted octanol–water partition coefficient (Wildman–Crippen LogP) is 4.91. The number of nitrogens with one attached hydrogen (secondary N) is 1. The van der Waals surface area contributed by atoms with E-state index in [0.29, 0.717) is 23.0 Å². The van der Waals surface area contributed by atoms with Gasteiger partial charge in [-0.2, -0.15) is 5.10 Å². The molecule has 0 spiro atoms. The molecule has 0 bridgehead atoms. The van der Waals surface area contributed by atoms with Crippen LogP contribution in [-0.4, -0.2) is 32.4 Å². The minimum absolute atomic E-state index is 0.185. The van der Waals surface area contributed by atoms with E-state index in [0.717, 1.165) is 19.0 Å². The summed E-state index contributed by atoms with van der Waals surface area (Å²) in [6.07, 6.45) is 0. The Labute approximate surface area is 182 Å². The molecule has 0 aliphatic carbocycles. The highest BCUT2D eigenvalue weighted by molar-refractivity contribution is 9.11. The average Bonchev–Trinajstić information content (AvgIpc) is 2.64. The van der Waals surface area contributed by atoms with Crippen LogP contribution >= 0.6 is 47.8 Å². The maximum Gasteiger partial charge on any atom is 0.277 e. The lowest BCUT2D eigenvalue weighted by Gasteiger charge is -2.11. The molecular formula is C18H17Br3N2O4. The Morgan fingerprint density at radius 1 is 1.07 bits per heavy atom. The van der Waals surface area contributed by atoms with Gasteiger partial charge in [-0.25, -0.2) is 5.43 Å². The summed E-state index contributed by atoms with van der Waals surface area (Å²) >= 11 is 10.2. The van der Waals surface area contributed by atoms with Crippen LogP contribution < -0.4 is 19.6 Å². The van der Waals surface area contributed by atoms with Crippen molar-refractivity contribution in [1.82, 2.24) is 5.43 Å². The number of rotatable bonds is 7. The summed E-state index contributed by atoms with van der Waals surface area (Å²) in [7, 11) is 3.14. The number of hydrogen-bond acceptors (Lipinski definition) is 5. The molecule has 0 atom stereocenters. The van der Waals surface area contributed by atoms with E-state index in [1.807, 2.05) is 18.2 Å². The predicted molar refractivity (Wildman–Crippen MR) is 115 cm³/mol. The van der Waals surface area contributed by atoms with Crippen molar-refractivity contribution in [3.63, 3.8) is 0 Å². The summed E-state index contributed by atoms with van der Waals surface area (Å²) in [5.41, 5.74) is 3.82. The Bertz CT molecular complexity index is 849. The molecule has 0 aromatic heterocycles. The minimum Gasteiger partial charge on any atom is -0.497 e. The van der Waals surface area contributed by atoms with Crippen LogP contribution in [0.1, 0.15) is 12.5 Å². The molecule has 0 unspecified atom stereocenters. The molecule has 0 fully saturated rings. The lowest BCUT2D eigenvalue weighted by Crippen LogP contribution is -2.25. The third kappa shape index (κ3) is 5.95. The van der Waals surface area contributed by atoms with Gasteiger partial charge in [-0.05, 0) is 63.0 Å². The van der Waals surface area contributed by atoms with Crippen molar-refractivity contribution in [1.29, 1.82) is 0 Å². The van der Waals surface area contributed by atoms with Crippen molar-refractivity contribution in [3.8, 4) is 17.2 Å². The van der Waals surface area contributed by atoms with Crippen molar-refractivity contribution in [3.05, 3.63) is 49.3 Å². The zero-order chi connectivity index (χ0) is 20.0. The van der Waals surface area contributed by atoms with E-state index >= 15 is 0 Å². The number of benzene rings is 2. The van der Waals surface area contributed by atoms with Crippen LogP contribution in [0, 0.1) is 0 Å². The van der Waals surface area contributed by atoms with Crippen molar-refractivity contribution in [2.45, 2.75) is 6.92 Å². The van der Waals surface area contributed by atoms with Crippen LogP contribution in [0.5, 0.6) is 17.2 Å². The van der Waals surface area contributed by atoms with Crippen molar-refractivity contribution >= 4 is 59.4 Å². The third-order valence-corrected chi connectivity index (χ3v) is 5.09. The standard InChI is InChI=1S/C18H17Br3N2O4/c1-10(13-5-4-12(25-2)8-16(13)26-3)22-23-17(24)9-27-18-14(20)6-11(19)7-15(18)21/h4-8H,9H2,1-3H3,(H,23,24)/b22-10-. The number of amides is 1. The average molecular weight is 565 g/mol. The van der Waals surface area contributed by atoms with E-state index in [1.165, 1.54) is 0 Å². The number of methoxy groups -OCH3 is 2. The highest BCUT2D eigenvalue weighted by atomic mass is 79.9. The summed E-state index contributed by atoms with van der Waals surface area (Å²) in [6, 6.07) is 9.02. The molecule has 144 valence electrons. The van der Waals surface area contributed by atoms with Crippen LogP contribution in [0.4, 0.5) is 0 Å². The zero-order valence-electron chi connectivity index (χ0n) is 14.8. The summed E-state index contributed by atoms with van der Waals surface area (Å²) in [6.45, 7) is 1.59. The third-order valence-electron chi connectivity index (χ3n) is 3.46. The highest BCUT2D eigenvalue weighted by Crippen LogP contribution is 2.36. The molecular weight excluding hydrogens is 548 g/mol. The van der Waals surface area contributed by atoms with Crippen LogP contribution in [0.3, 0.4) is 0 Å². The highest BCUT2D eigenvalue weighted by Gasteiger charge is 2.12. The summed E-state index contributed by atoms with van der Waals surface area (Å²) in [5, 5.41) is 4.12. The number of carbonyl (C=O) groups excluding carboxylic acids is 1. The van der Waals surface area contributed by atoms with Crippen molar-refractivity contribution in [2.24, 2.45) is 5.10 Å². The zero-order valence-corrected chi connectivity index (χ0v) is 19.6. The van der Waals surface area contributed by atoms with E-state index in [1.54, 1.807) is 33.3 Å². The van der Waals surface area contributed by atoms with Gasteiger partial charge in [0.1, 0.15) is 17.2 Å². The molecule has 0 heterocycles. The van der Waals surface area contributed by atoms with Crippen LogP contribution in [0.2, 0.25) is 0 Å². The fourth-order valence-electron chi connectivity index (χ4n) is 2.14. The van der Waals surface area contributed by atoms with Gasteiger partial charge in [-0.1, -0.05) is 15.9 Å². The number of ether oxygens (including phenoxy) is 3. The lowest BCUT2D eigenvalue weighted by molar-refractivity contribution is -0.123. The Morgan fingerprint density at radius 2 is 1.74 bits per heavy atom. The molecule has 0 saturated heterocycles. The monoisotopic (exact) mass is 562 g/mol. The molecule has 2 aromatic rings. The van der Waals surface area contributed by atoms with E-state index in [2.05, 4.69) is 58.3 Å². The summed E-state index contributed by atoms with van der Waals surface area (Å²) in [4.78, 5) is 12.1. The molecule has 2 rings (SSSR count). The summed E-state index contributed by atoms with van der Waals surface area (Å²) in [5.74, 6) is 1.42. The second-order valence-electron chi connectivity index (χ2n) is 5.29. The van der Waals surface area contributed by atoms with E-state index in [9.17, 15) is 4.79 Å². The van der Waals surface area contributed by atoms with Crippen LogP contribution in [0.25, 0.3) is 0 Å². The number of hydrazone groups is 1. The molecule has 9 heteroatoms. The summed E-state index contributed by atoms with van der Waals surface area (Å²) < 4.78 is 18.4. The maximum atomic E-state index is 12.1. The molecule has 0 aliphatic rings. The molecule has 0 radical (unpaired) electrons. The first-order valence-corrected chi connectivity index (χ1v) is 10.1. The Kier molecular flexibility index (Phi) is 8.12. The minimum atomic E-state index is -0.386. The Morgan fingerprint density at radius 3 is 2.33 bits per heavy atom. The molecule has 6 nitrogen and oxygen atoms in total. The first kappa shape index (κ1) is 21.7. The van der Waals surface area contributed by atoms with Crippen LogP contribution in [0.15, 0.2) is 48.9 Å². The maximum absolute atomic E-state index is 12.1. The second kappa shape index (κ2) is 10.1. The first-order chi connectivity index (χ1) is 12.8. The number of nitrogens with zero attached hydrogens (tertiary/aromatic N) is 1. The Hall–Kier alpha value is -1.58. The van der Waals surface area contributed by atoms with E-state index in [4.69, 9.17) is 14.2 Å². The Balaban J connectivity index is 2.02. The molecule has 27 heavy (non-hydrogen) atoms. The second-order valence-corrected chi connectivity index (χ2v) is 7.91. The van der Waals surface area contributed by atoms with Crippen molar-refractivity contribution in [2.75, 3.05) is 20.8 Å². The van der Waals surface area contributed by atoms with E-state index < -0.39 is 0 Å². The quantitative estimate of drug-likeness (QED) is 0.383. The largest absolute Gasteiger partial charge is 0.497 e. The van der Waals surface area contributed by atoms with Crippen molar-refractivity contribution < 1.29 is 19.0 Å². The number of carbonyl (C=O) groups is 1. The molecule has 1 amide bonds. The first-order valence-electron chi connectivity index (χ1n) is 7.68. The van der Waals surface area contributed by atoms with Gasteiger partial charge < -0.3 is 14.2 Å². The van der Waals surface area contributed by atoms with Gasteiger partial charge in [0.05, 0.1) is 28.9 Å². The number of hydrogen-bond donors (Lipinski definition) is 1. The molecule has 1 N–H and O–H groups in total.